The second kappa shape index (κ2) is 8.67. The Balaban J connectivity index is 1.39. The molecular weight excluding hydrogens is 318 g/mol. The number of hydrogen-bond donors (Lipinski definition) is 2. The van der Waals surface area contributed by atoms with E-state index in [0.29, 0.717) is 24.7 Å². The fourth-order valence-corrected chi connectivity index (χ4v) is 2.83. The van der Waals surface area contributed by atoms with Crippen LogP contribution >= 0.6 is 0 Å². The maximum absolute atomic E-state index is 11.9. The van der Waals surface area contributed by atoms with Crippen LogP contribution in [0, 0.1) is 6.92 Å². The van der Waals surface area contributed by atoms with Crippen LogP contribution in [0.25, 0.3) is 11.5 Å². The summed E-state index contributed by atoms with van der Waals surface area (Å²) in [7, 11) is 0. The minimum Gasteiger partial charge on any atom is -0.444 e. The number of carbonyl (C=O) groups excluding carboxylic acids is 1. The van der Waals surface area contributed by atoms with Crippen molar-refractivity contribution in [2.75, 3.05) is 13.2 Å². The van der Waals surface area contributed by atoms with Gasteiger partial charge < -0.3 is 19.8 Å². The fourth-order valence-electron chi connectivity index (χ4n) is 2.83. The van der Waals surface area contributed by atoms with Crippen molar-refractivity contribution < 1.29 is 13.9 Å². The van der Waals surface area contributed by atoms with Crippen molar-refractivity contribution in [2.45, 2.75) is 45.3 Å². The molecule has 2 aromatic rings. The summed E-state index contributed by atoms with van der Waals surface area (Å²) in [5, 5.41) is 5.65. The molecule has 2 heterocycles. The molecule has 2 N–H and O–H groups in total. The van der Waals surface area contributed by atoms with Crippen LogP contribution in [0.2, 0.25) is 0 Å². The predicted octanol–water partition coefficient (Wildman–Crippen LogP) is 3.41. The lowest BCUT2D eigenvalue weighted by molar-refractivity contribution is 0.0120. The Labute approximate surface area is 148 Å². The fraction of sp³-hybridized carbons (Fsp3) is 0.474. The van der Waals surface area contributed by atoms with Crippen molar-refractivity contribution in [1.82, 2.24) is 15.6 Å². The van der Waals surface area contributed by atoms with E-state index >= 15 is 0 Å². The van der Waals surface area contributed by atoms with Crippen LogP contribution < -0.4 is 10.6 Å². The largest absolute Gasteiger partial charge is 0.444 e. The summed E-state index contributed by atoms with van der Waals surface area (Å²) in [6.07, 6.45) is 6.16. The number of aromatic nitrogens is 1. The molecule has 25 heavy (non-hydrogen) atoms. The second-order valence-corrected chi connectivity index (χ2v) is 6.40. The molecule has 134 valence electrons. The van der Waals surface area contributed by atoms with Crippen molar-refractivity contribution in [3.8, 4) is 11.5 Å². The molecular formula is C19H25N3O3. The zero-order chi connectivity index (χ0) is 17.5. The number of nitrogens with one attached hydrogen (secondary N) is 2. The molecule has 2 amide bonds. The normalized spacial score (nSPS) is 17.2. The monoisotopic (exact) mass is 343 g/mol. The number of nitrogens with zero attached hydrogens (tertiary/aromatic N) is 1. The molecule has 1 aliphatic heterocycles. The summed E-state index contributed by atoms with van der Waals surface area (Å²) in [4.78, 5) is 16.3. The molecule has 0 radical (unpaired) electrons. The van der Waals surface area contributed by atoms with Gasteiger partial charge in [-0.15, -0.1) is 0 Å². The van der Waals surface area contributed by atoms with Crippen LogP contribution in [-0.2, 0) is 11.3 Å². The van der Waals surface area contributed by atoms with Gasteiger partial charge in [-0.25, -0.2) is 9.78 Å². The Hall–Kier alpha value is -2.34. The lowest BCUT2D eigenvalue weighted by Gasteiger charge is -2.22. The van der Waals surface area contributed by atoms with Gasteiger partial charge in [0.2, 0.25) is 5.89 Å². The predicted molar refractivity (Wildman–Crippen MR) is 95.1 cm³/mol. The number of urea groups is 1. The Bertz CT molecular complexity index is 675. The SMILES string of the molecule is Cc1ccc(-c2nc(CNC(=O)NCC[C@H]3CCCCO3)co2)cc1. The third-order valence-corrected chi connectivity index (χ3v) is 4.31. The van der Waals surface area contributed by atoms with Crippen molar-refractivity contribution in [2.24, 2.45) is 0 Å². The van der Waals surface area contributed by atoms with Crippen molar-refractivity contribution in [1.29, 1.82) is 0 Å². The number of amides is 2. The number of hydrogen-bond acceptors (Lipinski definition) is 4. The number of ether oxygens (including phenoxy) is 1. The average molecular weight is 343 g/mol. The van der Waals surface area contributed by atoms with Crippen LogP contribution in [0.4, 0.5) is 4.79 Å². The third kappa shape index (κ3) is 5.32. The van der Waals surface area contributed by atoms with Crippen molar-refractivity contribution in [3.05, 3.63) is 41.8 Å². The minimum atomic E-state index is -0.198. The molecule has 1 atom stereocenters. The Morgan fingerprint density at radius 3 is 2.84 bits per heavy atom. The molecule has 6 heteroatoms. The number of aryl methyl sites for hydroxylation is 1. The molecule has 0 aliphatic carbocycles. The van der Waals surface area contributed by atoms with Crippen molar-refractivity contribution in [3.63, 3.8) is 0 Å². The molecule has 0 saturated carbocycles. The van der Waals surface area contributed by atoms with Gasteiger partial charge in [0.05, 0.1) is 18.3 Å². The van der Waals surface area contributed by atoms with E-state index in [4.69, 9.17) is 9.15 Å². The molecule has 6 nitrogen and oxygen atoms in total. The van der Waals surface area contributed by atoms with E-state index in [1.54, 1.807) is 6.26 Å². The lowest BCUT2D eigenvalue weighted by atomic mass is 10.1. The summed E-state index contributed by atoms with van der Waals surface area (Å²) in [6, 6.07) is 7.77. The first kappa shape index (κ1) is 17.5. The second-order valence-electron chi connectivity index (χ2n) is 6.40. The summed E-state index contributed by atoms with van der Waals surface area (Å²) in [5.74, 6) is 0.562. The molecule has 3 rings (SSSR count). The summed E-state index contributed by atoms with van der Waals surface area (Å²) < 4.78 is 11.1. The number of carbonyl (C=O) groups is 1. The van der Waals surface area contributed by atoms with E-state index < -0.39 is 0 Å². The third-order valence-electron chi connectivity index (χ3n) is 4.31. The van der Waals surface area contributed by atoms with Crippen LogP contribution in [0.1, 0.15) is 36.9 Å². The topological polar surface area (TPSA) is 76.4 Å². The van der Waals surface area contributed by atoms with Crippen LogP contribution in [0.15, 0.2) is 34.9 Å². The van der Waals surface area contributed by atoms with E-state index in [-0.39, 0.29) is 12.1 Å². The average Bonchev–Trinajstić information content (AvgIpc) is 3.10. The number of rotatable bonds is 6. The molecule has 0 spiro atoms. The Morgan fingerprint density at radius 1 is 1.24 bits per heavy atom. The van der Waals surface area contributed by atoms with E-state index in [2.05, 4.69) is 15.6 Å². The van der Waals surface area contributed by atoms with E-state index in [9.17, 15) is 4.79 Å². The van der Waals surface area contributed by atoms with Crippen LogP contribution in [0.3, 0.4) is 0 Å². The highest BCUT2D eigenvalue weighted by molar-refractivity contribution is 5.73. The summed E-state index contributed by atoms with van der Waals surface area (Å²) >= 11 is 0. The molecule has 0 bridgehead atoms. The quantitative estimate of drug-likeness (QED) is 0.843. The molecule has 1 aliphatic rings. The van der Waals surface area contributed by atoms with Gasteiger partial charge in [-0.05, 0) is 44.7 Å². The maximum Gasteiger partial charge on any atom is 0.315 e. The highest BCUT2D eigenvalue weighted by Gasteiger charge is 2.14. The molecule has 1 fully saturated rings. The first-order valence-electron chi connectivity index (χ1n) is 8.85. The van der Waals surface area contributed by atoms with Gasteiger partial charge in [0.25, 0.3) is 0 Å². The first-order chi connectivity index (χ1) is 12.2. The van der Waals surface area contributed by atoms with Gasteiger partial charge in [-0.3, -0.25) is 0 Å². The highest BCUT2D eigenvalue weighted by Crippen LogP contribution is 2.19. The zero-order valence-corrected chi connectivity index (χ0v) is 14.6. The van der Waals surface area contributed by atoms with Crippen molar-refractivity contribution >= 4 is 6.03 Å². The van der Waals surface area contributed by atoms with E-state index in [1.807, 2.05) is 31.2 Å². The number of oxazole rings is 1. The lowest BCUT2D eigenvalue weighted by Crippen LogP contribution is -2.37. The van der Waals surface area contributed by atoms with Gasteiger partial charge in [-0.1, -0.05) is 17.7 Å². The van der Waals surface area contributed by atoms with Gasteiger partial charge in [-0.2, -0.15) is 0 Å². The van der Waals surface area contributed by atoms with Gasteiger partial charge >= 0.3 is 6.03 Å². The Morgan fingerprint density at radius 2 is 2.08 bits per heavy atom. The summed E-state index contributed by atoms with van der Waals surface area (Å²) in [5.41, 5.74) is 2.81. The standard InChI is InChI=1S/C19H25N3O3/c1-14-5-7-15(8-6-14)18-22-16(13-25-18)12-21-19(23)20-10-9-17-4-2-3-11-24-17/h5-8,13,17H,2-4,9-12H2,1H3,(H2,20,21,23)/t17-/m1/s1. The summed E-state index contributed by atoms with van der Waals surface area (Å²) in [6.45, 7) is 3.82. The highest BCUT2D eigenvalue weighted by atomic mass is 16.5. The Kier molecular flexibility index (Phi) is 6.06. The zero-order valence-electron chi connectivity index (χ0n) is 14.6. The van der Waals surface area contributed by atoms with E-state index in [0.717, 1.165) is 31.4 Å². The maximum atomic E-state index is 11.9. The van der Waals surface area contributed by atoms with Gasteiger partial charge in [0, 0.05) is 18.7 Å². The van der Waals surface area contributed by atoms with E-state index in [1.165, 1.54) is 12.0 Å². The molecule has 0 unspecified atom stereocenters. The smallest absolute Gasteiger partial charge is 0.315 e. The van der Waals surface area contributed by atoms with Crippen LogP contribution in [-0.4, -0.2) is 30.3 Å². The first-order valence-corrected chi connectivity index (χ1v) is 8.85. The molecule has 1 aromatic carbocycles. The molecule has 1 aromatic heterocycles. The number of benzene rings is 1. The molecule has 1 saturated heterocycles. The van der Waals surface area contributed by atoms with Gasteiger partial charge in [0.1, 0.15) is 6.26 Å². The minimum absolute atomic E-state index is 0.198. The van der Waals surface area contributed by atoms with Crippen LogP contribution in [0.5, 0.6) is 0 Å². The van der Waals surface area contributed by atoms with Gasteiger partial charge in [0.15, 0.2) is 0 Å².